The van der Waals surface area contributed by atoms with Gasteiger partial charge >= 0.3 is 0 Å². The summed E-state index contributed by atoms with van der Waals surface area (Å²) in [5.74, 6) is 3.31. The Hall–Kier alpha value is -1.22. The quantitative estimate of drug-likeness (QED) is 0.393. The molecule has 0 aromatic heterocycles. The Balaban J connectivity index is 0.00000261. The number of ether oxygens (including phenoxy) is 2. The number of halogens is 1. The van der Waals surface area contributed by atoms with Gasteiger partial charge in [0.15, 0.2) is 17.5 Å². The van der Waals surface area contributed by atoms with E-state index in [1.54, 1.807) is 14.2 Å². The minimum absolute atomic E-state index is 0. The highest BCUT2D eigenvalue weighted by Gasteiger charge is 2.23. The summed E-state index contributed by atoms with van der Waals surface area (Å²) < 4.78 is 10.9. The van der Waals surface area contributed by atoms with Gasteiger partial charge in [-0.15, -0.1) is 24.0 Å². The van der Waals surface area contributed by atoms with E-state index in [9.17, 15) is 0 Å². The van der Waals surface area contributed by atoms with Crippen molar-refractivity contribution >= 4 is 29.9 Å². The maximum absolute atomic E-state index is 5.48. The van der Waals surface area contributed by atoms with Gasteiger partial charge in [-0.1, -0.05) is 0 Å². The van der Waals surface area contributed by atoms with Gasteiger partial charge < -0.3 is 24.6 Å². The second-order valence-electron chi connectivity index (χ2n) is 7.26. The molecule has 1 aromatic rings. The fourth-order valence-corrected chi connectivity index (χ4v) is 3.88. The molecule has 1 aromatic carbocycles. The standard InChI is InChI=1S/C20H32N4O2.HI/c1-5-21-20(22-12-15-6-8-23(2)13-15)24-9-7-16-10-18(25-3)19(26-4)11-17(16)14-24;/h10-11,15H,5-9,12-14H2,1-4H3,(H,21,22);1H. The smallest absolute Gasteiger partial charge is 0.194 e. The van der Waals surface area contributed by atoms with Crippen molar-refractivity contribution in [2.45, 2.75) is 26.3 Å². The first-order valence-corrected chi connectivity index (χ1v) is 9.60. The molecule has 152 valence electrons. The Morgan fingerprint density at radius 2 is 1.89 bits per heavy atom. The number of hydrogen-bond donors (Lipinski definition) is 1. The van der Waals surface area contributed by atoms with E-state index < -0.39 is 0 Å². The number of aliphatic imine (C=N–C) groups is 1. The van der Waals surface area contributed by atoms with E-state index in [1.165, 1.54) is 24.1 Å². The highest BCUT2D eigenvalue weighted by atomic mass is 127. The summed E-state index contributed by atoms with van der Waals surface area (Å²) in [5, 5.41) is 3.48. The largest absolute Gasteiger partial charge is 0.493 e. The number of fused-ring (bicyclic) bond motifs is 1. The molecule has 2 aliphatic heterocycles. The average Bonchev–Trinajstić information content (AvgIpc) is 3.08. The molecule has 0 aliphatic carbocycles. The zero-order valence-electron chi connectivity index (χ0n) is 17.0. The Bertz CT molecular complexity index is 653. The van der Waals surface area contributed by atoms with E-state index in [1.807, 2.05) is 0 Å². The second kappa shape index (κ2) is 10.4. The minimum atomic E-state index is 0. The number of likely N-dealkylation sites (tertiary alicyclic amines) is 1. The van der Waals surface area contributed by atoms with Crippen molar-refractivity contribution in [3.8, 4) is 11.5 Å². The van der Waals surface area contributed by atoms with Crippen LogP contribution in [0.2, 0.25) is 0 Å². The summed E-state index contributed by atoms with van der Waals surface area (Å²) in [6, 6.07) is 4.22. The molecule has 1 unspecified atom stereocenters. The predicted molar refractivity (Wildman–Crippen MR) is 121 cm³/mol. The monoisotopic (exact) mass is 488 g/mol. The van der Waals surface area contributed by atoms with Crippen LogP contribution in [-0.2, 0) is 13.0 Å². The van der Waals surface area contributed by atoms with Crippen molar-refractivity contribution in [1.29, 1.82) is 0 Å². The highest BCUT2D eigenvalue weighted by Crippen LogP contribution is 2.33. The Morgan fingerprint density at radius 3 is 2.48 bits per heavy atom. The summed E-state index contributed by atoms with van der Waals surface area (Å²) in [5.41, 5.74) is 2.63. The normalized spacial score (nSPS) is 20.1. The predicted octanol–water partition coefficient (Wildman–Crippen LogP) is 2.60. The lowest BCUT2D eigenvalue weighted by Gasteiger charge is -2.32. The molecule has 6 nitrogen and oxygen atoms in total. The van der Waals surface area contributed by atoms with Crippen molar-refractivity contribution in [3.63, 3.8) is 0 Å². The number of nitrogens with zero attached hydrogens (tertiary/aromatic N) is 3. The van der Waals surface area contributed by atoms with Gasteiger partial charge in [0.25, 0.3) is 0 Å². The first kappa shape index (κ1) is 22.1. The summed E-state index contributed by atoms with van der Waals surface area (Å²) in [7, 11) is 5.57. The van der Waals surface area contributed by atoms with E-state index in [-0.39, 0.29) is 24.0 Å². The molecule has 0 radical (unpaired) electrons. The van der Waals surface area contributed by atoms with Crippen LogP contribution in [0.25, 0.3) is 0 Å². The van der Waals surface area contributed by atoms with Crippen LogP contribution in [0.4, 0.5) is 0 Å². The molecule has 1 atom stereocenters. The molecule has 0 spiro atoms. The van der Waals surface area contributed by atoms with Crippen LogP contribution < -0.4 is 14.8 Å². The number of guanidine groups is 1. The molecule has 0 amide bonds. The average molecular weight is 488 g/mol. The van der Waals surface area contributed by atoms with Crippen molar-refractivity contribution in [3.05, 3.63) is 23.3 Å². The molecule has 1 N–H and O–H groups in total. The van der Waals surface area contributed by atoms with Gasteiger partial charge in [-0.05, 0) is 62.5 Å². The van der Waals surface area contributed by atoms with Crippen LogP contribution in [-0.4, -0.2) is 69.8 Å². The topological polar surface area (TPSA) is 49.3 Å². The lowest BCUT2D eigenvalue weighted by Crippen LogP contribution is -2.44. The second-order valence-corrected chi connectivity index (χ2v) is 7.26. The van der Waals surface area contributed by atoms with Gasteiger partial charge in [0, 0.05) is 32.7 Å². The van der Waals surface area contributed by atoms with E-state index in [0.29, 0.717) is 5.92 Å². The Labute approximate surface area is 180 Å². The maximum atomic E-state index is 5.48. The number of nitrogens with one attached hydrogen (secondary N) is 1. The molecule has 7 heteroatoms. The van der Waals surface area contributed by atoms with Crippen LogP contribution in [0.5, 0.6) is 11.5 Å². The molecule has 1 fully saturated rings. The lowest BCUT2D eigenvalue weighted by atomic mass is 9.99. The molecule has 27 heavy (non-hydrogen) atoms. The highest BCUT2D eigenvalue weighted by molar-refractivity contribution is 14.0. The first-order chi connectivity index (χ1) is 12.6. The van der Waals surface area contributed by atoms with Gasteiger partial charge in [0.05, 0.1) is 14.2 Å². The molecule has 2 aliphatic rings. The molecule has 2 heterocycles. The zero-order valence-corrected chi connectivity index (χ0v) is 19.3. The van der Waals surface area contributed by atoms with Crippen LogP contribution in [0, 0.1) is 5.92 Å². The summed E-state index contributed by atoms with van der Waals surface area (Å²) in [4.78, 5) is 9.70. The van der Waals surface area contributed by atoms with Gasteiger partial charge in [0.2, 0.25) is 0 Å². The zero-order chi connectivity index (χ0) is 18.5. The number of hydrogen-bond acceptors (Lipinski definition) is 4. The maximum Gasteiger partial charge on any atom is 0.194 e. The third-order valence-electron chi connectivity index (χ3n) is 5.34. The number of benzene rings is 1. The molecular formula is C20H33IN4O2. The number of rotatable bonds is 5. The Morgan fingerprint density at radius 1 is 1.19 bits per heavy atom. The van der Waals surface area contributed by atoms with Crippen LogP contribution in [0.15, 0.2) is 17.1 Å². The third kappa shape index (κ3) is 5.40. The van der Waals surface area contributed by atoms with Crippen molar-refractivity contribution in [1.82, 2.24) is 15.1 Å². The molecule has 0 bridgehead atoms. The van der Waals surface area contributed by atoms with E-state index in [0.717, 1.165) is 56.6 Å². The van der Waals surface area contributed by atoms with Gasteiger partial charge in [0.1, 0.15) is 0 Å². The van der Waals surface area contributed by atoms with Crippen LogP contribution >= 0.6 is 24.0 Å². The fraction of sp³-hybridized carbons (Fsp3) is 0.650. The fourth-order valence-electron chi connectivity index (χ4n) is 3.88. The first-order valence-electron chi connectivity index (χ1n) is 9.60. The summed E-state index contributed by atoms with van der Waals surface area (Å²) in [6.07, 6.45) is 2.24. The SMILES string of the molecule is CCNC(=NCC1CCN(C)C1)N1CCc2cc(OC)c(OC)cc2C1.I. The van der Waals surface area contributed by atoms with Crippen LogP contribution in [0.3, 0.4) is 0 Å². The number of methoxy groups -OCH3 is 2. The summed E-state index contributed by atoms with van der Waals surface area (Å²) in [6.45, 7) is 8.09. The van der Waals surface area contributed by atoms with Gasteiger partial charge in [-0.2, -0.15) is 0 Å². The van der Waals surface area contributed by atoms with Crippen molar-refractivity contribution in [2.75, 3.05) is 54.0 Å². The van der Waals surface area contributed by atoms with Gasteiger partial charge in [-0.3, -0.25) is 4.99 Å². The molecule has 1 saturated heterocycles. The van der Waals surface area contributed by atoms with Crippen molar-refractivity contribution < 1.29 is 9.47 Å². The lowest BCUT2D eigenvalue weighted by molar-refractivity contribution is 0.345. The Kier molecular flexibility index (Phi) is 8.47. The summed E-state index contributed by atoms with van der Waals surface area (Å²) >= 11 is 0. The van der Waals surface area contributed by atoms with Gasteiger partial charge in [-0.25, -0.2) is 0 Å². The molecular weight excluding hydrogens is 455 g/mol. The van der Waals surface area contributed by atoms with E-state index in [4.69, 9.17) is 14.5 Å². The third-order valence-corrected chi connectivity index (χ3v) is 5.34. The van der Waals surface area contributed by atoms with E-state index in [2.05, 4.69) is 41.2 Å². The minimum Gasteiger partial charge on any atom is -0.493 e. The van der Waals surface area contributed by atoms with Crippen molar-refractivity contribution in [2.24, 2.45) is 10.9 Å². The molecule has 0 saturated carbocycles. The van der Waals surface area contributed by atoms with Crippen LogP contribution in [0.1, 0.15) is 24.5 Å². The molecule has 3 rings (SSSR count). The van der Waals surface area contributed by atoms with E-state index >= 15 is 0 Å².